The molecular weight excluding hydrogens is 353 g/mol. The second kappa shape index (κ2) is 8.60. The monoisotopic (exact) mass is 377 g/mol. The lowest BCUT2D eigenvalue weighted by Crippen LogP contribution is -2.48. The molecule has 3 rings (SSSR count). The van der Waals surface area contributed by atoms with E-state index in [-0.39, 0.29) is 11.5 Å². The second-order valence-corrected chi connectivity index (χ2v) is 6.80. The third-order valence-corrected chi connectivity index (χ3v) is 4.90. The van der Waals surface area contributed by atoms with Gasteiger partial charge in [0, 0.05) is 44.4 Å². The molecule has 7 nitrogen and oxygen atoms in total. The Morgan fingerprint density at radius 1 is 1.30 bits per heavy atom. The maximum absolute atomic E-state index is 13.1. The van der Waals surface area contributed by atoms with Crippen molar-refractivity contribution in [1.82, 2.24) is 15.0 Å². The average molecular weight is 377 g/mol. The molecule has 1 aliphatic rings. The van der Waals surface area contributed by atoms with Gasteiger partial charge in [-0.3, -0.25) is 9.69 Å². The zero-order chi connectivity index (χ0) is 19.4. The van der Waals surface area contributed by atoms with Crippen molar-refractivity contribution in [3.63, 3.8) is 0 Å². The number of aromatic nitrogens is 1. The van der Waals surface area contributed by atoms with Gasteiger partial charge in [-0.25, -0.2) is 4.39 Å². The minimum Gasteiger partial charge on any atom is -0.469 e. The number of hydrogen-bond acceptors (Lipinski definition) is 7. The van der Waals surface area contributed by atoms with E-state index in [4.69, 9.17) is 9.26 Å². The van der Waals surface area contributed by atoms with Gasteiger partial charge >= 0.3 is 5.97 Å². The molecule has 2 heterocycles. The number of rotatable bonds is 6. The van der Waals surface area contributed by atoms with Gasteiger partial charge in [0.15, 0.2) is 5.76 Å². The summed E-state index contributed by atoms with van der Waals surface area (Å²) in [6, 6.07) is 7.33. The Kier molecular flexibility index (Phi) is 6.20. The number of benzene rings is 1. The summed E-state index contributed by atoms with van der Waals surface area (Å²) in [7, 11) is 3.36. The molecule has 0 radical (unpaired) electrons. The number of hydrogen-bond donors (Lipinski definition) is 1. The fraction of sp³-hybridized carbons (Fsp3) is 0.474. The molecule has 0 spiro atoms. The van der Waals surface area contributed by atoms with Crippen molar-refractivity contribution in [2.45, 2.75) is 6.10 Å². The number of aliphatic hydroxyl groups excluding tert-OH is 1. The standard InChI is InChI=1S/C19H24FN3O4/c1-22-7-9-23(10-8-22)12-15(19(25)26-2)18(24)16-11-17(27-21-16)13-3-5-14(20)6-4-13/h3-6,11,15,18,24H,7-10,12H2,1-2H3. The average Bonchev–Trinajstić information content (AvgIpc) is 3.17. The van der Waals surface area contributed by atoms with Crippen LogP contribution in [0.3, 0.4) is 0 Å². The van der Waals surface area contributed by atoms with Crippen LogP contribution in [0.15, 0.2) is 34.9 Å². The van der Waals surface area contributed by atoms with E-state index in [0.29, 0.717) is 17.9 Å². The van der Waals surface area contributed by atoms with Gasteiger partial charge in [0.2, 0.25) is 0 Å². The molecule has 2 unspecified atom stereocenters. The summed E-state index contributed by atoms with van der Waals surface area (Å²) in [5.74, 6) is -1.22. The molecule has 2 atom stereocenters. The largest absolute Gasteiger partial charge is 0.469 e. The number of carbonyl (C=O) groups excluding carboxylic acids is 1. The van der Waals surface area contributed by atoms with E-state index in [2.05, 4.69) is 22.0 Å². The topological polar surface area (TPSA) is 79.0 Å². The van der Waals surface area contributed by atoms with E-state index in [1.54, 1.807) is 18.2 Å². The van der Waals surface area contributed by atoms with Crippen LogP contribution < -0.4 is 0 Å². The normalized spacial score (nSPS) is 18.2. The van der Waals surface area contributed by atoms with Gasteiger partial charge in [0.25, 0.3) is 0 Å². The number of likely N-dealkylation sites (N-methyl/N-ethyl adjacent to an activating group) is 1. The summed E-state index contributed by atoms with van der Waals surface area (Å²) < 4.78 is 23.2. The maximum atomic E-state index is 13.1. The molecule has 1 saturated heterocycles. The summed E-state index contributed by atoms with van der Waals surface area (Å²) in [5.41, 5.74) is 0.884. The van der Waals surface area contributed by atoms with Gasteiger partial charge in [-0.05, 0) is 31.3 Å². The molecular formula is C19H24FN3O4. The maximum Gasteiger partial charge on any atom is 0.313 e. The molecule has 1 fully saturated rings. The van der Waals surface area contributed by atoms with Crippen molar-refractivity contribution in [2.75, 3.05) is 46.9 Å². The molecule has 0 bridgehead atoms. The third-order valence-electron chi connectivity index (χ3n) is 4.90. The number of halogens is 1. The van der Waals surface area contributed by atoms with E-state index in [9.17, 15) is 14.3 Å². The molecule has 0 saturated carbocycles. The molecule has 1 aromatic heterocycles. The number of nitrogens with zero attached hydrogens (tertiary/aromatic N) is 3. The van der Waals surface area contributed by atoms with E-state index in [0.717, 1.165) is 26.2 Å². The van der Waals surface area contributed by atoms with Crippen LogP contribution in [0.5, 0.6) is 0 Å². The number of methoxy groups -OCH3 is 1. The number of esters is 1. The molecule has 8 heteroatoms. The third kappa shape index (κ3) is 4.71. The molecule has 1 N–H and O–H groups in total. The van der Waals surface area contributed by atoms with Crippen LogP contribution in [0, 0.1) is 11.7 Å². The fourth-order valence-electron chi connectivity index (χ4n) is 3.15. The first-order chi connectivity index (χ1) is 13.0. The molecule has 27 heavy (non-hydrogen) atoms. The van der Waals surface area contributed by atoms with Gasteiger partial charge in [0.05, 0.1) is 7.11 Å². The van der Waals surface area contributed by atoms with Crippen LogP contribution in [0.1, 0.15) is 11.8 Å². The summed E-state index contributed by atoms with van der Waals surface area (Å²) in [5, 5.41) is 14.7. The van der Waals surface area contributed by atoms with Gasteiger partial charge < -0.3 is 19.3 Å². The van der Waals surface area contributed by atoms with E-state index in [1.165, 1.54) is 19.2 Å². The number of ether oxygens (including phenoxy) is 1. The summed E-state index contributed by atoms with van der Waals surface area (Å²) >= 11 is 0. The van der Waals surface area contributed by atoms with Gasteiger partial charge in [-0.1, -0.05) is 5.16 Å². The molecule has 0 amide bonds. The second-order valence-electron chi connectivity index (χ2n) is 6.80. The first kappa shape index (κ1) is 19.5. The Bertz CT molecular complexity index is 757. The van der Waals surface area contributed by atoms with Crippen molar-refractivity contribution in [3.8, 4) is 11.3 Å². The van der Waals surface area contributed by atoms with Crippen molar-refractivity contribution >= 4 is 5.97 Å². The Morgan fingerprint density at radius 2 is 1.96 bits per heavy atom. The first-order valence-electron chi connectivity index (χ1n) is 8.87. The zero-order valence-corrected chi connectivity index (χ0v) is 15.5. The number of carbonyl (C=O) groups is 1. The van der Waals surface area contributed by atoms with Crippen LogP contribution >= 0.6 is 0 Å². The van der Waals surface area contributed by atoms with Crippen LogP contribution in [0.4, 0.5) is 4.39 Å². The van der Waals surface area contributed by atoms with E-state index >= 15 is 0 Å². The highest BCUT2D eigenvalue weighted by Crippen LogP contribution is 2.28. The summed E-state index contributed by atoms with van der Waals surface area (Å²) in [6.45, 7) is 3.82. The molecule has 146 valence electrons. The highest BCUT2D eigenvalue weighted by Gasteiger charge is 2.33. The summed E-state index contributed by atoms with van der Waals surface area (Å²) in [4.78, 5) is 16.6. The fourth-order valence-corrected chi connectivity index (χ4v) is 3.15. The van der Waals surface area contributed by atoms with Crippen LogP contribution in [-0.4, -0.2) is 72.9 Å². The van der Waals surface area contributed by atoms with Crippen molar-refractivity contribution in [2.24, 2.45) is 5.92 Å². The zero-order valence-electron chi connectivity index (χ0n) is 15.5. The van der Waals surface area contributed by atoms with Crippen molar-refractivity contribution in [3.05, 3.63) is 41.8 Å². The van der Waals surface area contributed by atoms with E-state index < -0.39 is 18.0 Å². The van der Waals surface area contributed by atoms with Crippen molar-refractivity contribution in [1.29, 1.82) is 0 Å². The molecule has 2 aromatic rings. The van der Waals surface area contributed by atoms with Gasteiger partial charge in [-0.15, -0.1) is 0 Å². The Balaban J connectivity index is 1.74. The minimum atomic E-state index is -1.16. The molecule has 1 aliphatic heterocycles. The molecule has 0 aliphatic carbocycles. The Labute approximate surface area is 157 Å². The van der Waals surface area contributed by atoms with Crippen molar-refractivity contribution < 1.29 is 23.6 Å². The van der Waals surface area contributed by atoms with Crippen LogP contribution in [0.25, 0.3) is 11.3 Å². The van der Waals surface area contributed by atoms with Gasteiger partial charge in [-0.2, -0.15) is 0 Å². The first-order valence-corrected chi connectivity index (χ1v) is 8.87. The highest BCUT2D eigenvalue weighted by molar-refractivity contribution is 5.73. The predicted molar refractivity (Wildman–Crippen MR) is 96.3 cm³/mol. The minimum absolute atomic E-state index is 0.249. The molecule has 1 aromatic carbocycles. The quantitative estimate of drug-likeness (QED) is 0.765. The van der Waals surface area contributed by atoms with Gasteiger partial charge in [0.1, 0.15) is 23.5 Å². The van der Waals surface area contributed by atoms with E-state index in [1.807, 2.05) is 0 Å². The SMILES string of the molecule is COC(=O)C(CN1CCN(C)CC1)C(O)c1cc(-c2ccc(F)cc2)on1. The predicted octanol–water partition coefficient (Wildman–Crippen LogP) is 1.55. The highest BCUT2D eigenvalue weighted by atomic mass is 19.1. The Morgan fingerprint density at radius 3 is 2.59 bits per heavy atom. The van der Waals surface area contributed by atoms with Crippen LogP contribution in [-0.2, 0) is 9.53 Å². The number of piperazine rings is 1. The lowest BCUT2D eigenvalue weighted by atomic mass is 9.98. The smallest absolute Gasteiger partial charge is 0.313 e. The van der Waals surface area contributed by atoms with Crippen LogP contribution in [0.2, 0.25) is 0 Å². The lowest BCUT2D eigenvalue weighted by molar-refractivity contribution is -0.151. The summed E-state index contributed by atoms with van der Waals surface area (Å²) in [6.07, 6.45) is -1.16. The lowest BCUT2D eigenvalue weighted by Gasteiger charge is -2.34. The number of aliphatic hydroxyl groups is 1. The Hall–Kier alpha value is -2.29.